The van der Waals surface area contributed by atoms with E-state index < -0.39 is 28.3 Å². The molecule has 0 spiro atoms. The van der Waals surface area contributed by atoms with Crippen LogP contribution in [0.15, 0.2) is 11.6 Å². The van der Waals surface area contributed by atoms with Gasteiger partial charge in [0.25, 0.3) is 10.1 Å². The number of esters is 1. The maximum atomic E-state index is 11.6. The highest BCUT2D eigenvalue weighted by Crippen LogP contribution is 2.31. The monoisotopic (exact) mass is 306 g/mol. The third kappa shape index (κ3) is 4.88. The first-order valence-electron chi connectivity index (χ1n) is 6.63. The van der Waals surface area contributed by atoms with Gasteiger partial charge in [0.1, 0.15) is 6.10 Å². The van der Waals surface area contributed by atoms with E-state index >= 15 is 0 Å². The van der Waals surface area contributed by atoms with Gasteiger partial charge in [0, 0.05) is 17.9 Å². The van der Waals surface area contributed by atoms with E-state index in [1.807, 2.05) is 6.92 Å². The second-order valence-corrected chi connectivity index (χ2v) is 6.63. The topological polar surface area (TPSA) is 89.9 Å². The molecule has 0 saturated carbocycles. The van der Waals surface area contributed by atoms with Crippen LogP contribution in [0.3, 0.4) is 0 Å². The molecule has 0 radical (unpaired) electrons. The Labute approximate surface area is 119 Å². The van der Waals surface area contributed by atoms with Gasteiger partial charge in [-0.1, -0.05) is 25.8 Å². The number of aliphatic hydroxyl groups excluding tert-OH is 1. The zero-order chi connectivity index (χ0) is 15.3. The molecular weight excluding hydrogens is 284 g/mol. The molecule has 0 saturated heterocycles. The molecule has 7 heteroatoms. The van der Waals surface area contributed by atoms with Gasteiger partial charge in [-0.15, -0.1) is 0 Å². The fraction of sp³-hybridized carbons (Fsp3) is 0.769. The first-order valence-corrected chi connectivity index (χ1v) is 8.45. The maximum Gasteiger partial charge on any atom is 0.333 e. The lowest BCUT2D eigenvalue weighted by molar-refractivity contribution is -0.137. The molecule has 116 valence electrons. The molecule has 1 aliphatic rings. The van der Waals surface area contributed by atoms with Crippen LogP contribution in [0, 0.1) is 5.92 Å². The molecule has 0 aromatic carbocycles. The van der Waals surface area contributed by atoms with Gasteiger partial charge in [-0.3, -0.25) is 4.18 Å². The number of hydrogen-bond donors (Lipinski definition) is 1. The quantitative estimate of drug-likeness (QED) is 0.581. The van der Waals surface area contributed by atoms with Crippen LogP contribution in [0.25, 0.3) is 0 Å². The van der Waals surface area contributed by atoms with E-state index in [-0.39, 0.29) is 12.3 Å². The Hall–Kier alpha value is -0.920. The fourth-order valence-electron chi connectivity index (χ4n) is 2.36. The predicted molar refractivity (Wildman–Crippen MR) is 73.5 cm³/mol. The number of unbranched alkanes of at least 4 members (excludes halogenated alkanes) is 1. The van der Waals surface area contributed by atoms with Crippen LogP contribution in [0.5, 0.6) is 0 Å². The van der Waals surface area contributed by atoms with Gasteiger partial charge in [0.05, 0.1) is 19.5 Å². The van der Waals surface area contributed by atoms with E-state index in [0.717, 1.165) is 19.1 Å². The molecule has 0 aliphatic heterocycles. The molecule has 3 atom stereocenters. The van der Waals surface area contributed by atoms with Crippen molar-refractivity contribution in [1.82, 2.24) is 0 Å². The summed E-state index contributed by atoms with van der Waals surface area (Å²) >= 11 is 0. The number of aliphatic hydroxyl groups is 1. The van der Waals surface area contributed by atoms with E-state index in [2.05, 4.69) is 4.74 Å². The third-order valence-corrected chi connectivity index (χ3v) is 3.84. The normalized spacial score (nSPS) is 27.0. The van der Waals surface area contributed by atoms with Crippen molar-refractivity contribution in [2.75, 3.05) is 13.4 Å². The highest BCUT2D eigenvalue weighted by Gasteiger charge is 2.37. The molecule has 0 aromatic heterocycles. The van der Waals surface area contributed by atoms with Gasteiger partial charge in [-0.05, 0) is 6.42 Å². The third-order valence-electron chi connectivity index (χ3n) is 3.27. The summed E-state index contributed by atoms with van der Waals surface area (Å²) in [7, 11) is -2.39. The average Bonchev–Trinajstić information content (AvgIpc) is 2.36. The fourth-order valence-corrected chi connectivity index (χ4v) is 3.03. The van der Waals surface area contributed by atoms with Crippen molar-refractivity contribution in [2.45, 2.75) is 44.8 Å². The van der Waals surface area contributed by atoms with Gasteiger partial charge in [-0.25, -0.2) is 4.79 Å². The molecule has 0 amide bonds. The van der Waals surface area contributed by atoms with Crippen LogP contribution in [0.4, 0.5) is 0 Å². The van der Waals surface area contributed by atoms with Gasteiger partial charge < -0.3 is 9.84 Å². The minimum absolute atomic E-state index is 0.0372. The van der Waals surface area contributed by atoms with Crippen molar-refractivity contribution in [2.24, 2.45) is 5.92 Å². The van der Waals surface area contributed by atoms with Crippen LogP contribution in [-0.2, 0) is 23.8 Å². The summed E-state index contributed by atoms with van der Waals surface area (Å²) in [6, 6.07) is 0. The number of hydrogen-bond acceptors (Lipinski definition) is 6. The maximum absolute atomic E-state index is 11.6. The van der Waals surface area contributed by atoms with Crippen molar-refractivity contribution in [1.29, 1.82) is 0 Å². The minimum atomic E-state index is -3.66. The van der Waals surface area contributed by atoms with Crippen LogP contribution in [-0.4, -0.2) is 45.1 Å². The van der Waals surface area contributed by atoms with Gasteiger partial charge in [-0.2, -0.15) is 8.42 Å². The Morgan fingerprint density at radius 1 is 1.50 bits per heavy atom. The summed E-state index contributed by atoms with van der Waals surface area (Å²) in [6.45, 7) is 2.01. The Balaban J connectivity index is 2.98. The van der Waals surface area contributed by atoms with Crippen LogP contribution in [0.1, 0.15) is 32.6 Å². The van der Waals surface area contributed by atoms with E-state index in [1.165, 1.54) is 7.11 Å². The standard InChI is InChI=1S/C13H22O6S/c1-4-5-6-9-7-10(13(15)18-2)8-11(14)12(9)19-20(3,16)17/h7,9,11-12,14H,4-6,8H2,1-3H3/t9-,11-,12-/m1/s1. The van der Waals surface area contributed by atoms with Crippen LogP contribution >= 0.6 is 0 Å². The number of ether oxygens (including phenoxy) is 1. The van der Waals surface area contributed by atoms with Crippen molar-refractivity contribution in [3.8, 4) is 0 Å². The zero-order valence-corrected chi connectivity index (χ0v) is 12.9. The SMILES string of the molecule is CCCC[C@@H]1C=C(C(=O)OC)C[C@@H](O)[C@@H]1OS(C)(=O)=O. The number of carbonyl (C=O) groups is 1. The number of methoxy groups -OCH3 is 1. The molecule has 6 nitrogen and oxygen atoms in total. The van der Waals surface area contributed by atoms with E-state index in [0.29, 0.717) is 12.0 Å². The second kappa shape index (κ2) is 7.19. The summed E-state index contributed by atoms with van der Waals surface area (Å²) in [5.74, 6) is -0.814. The summed E-state index contributed by atoms with van der Waals surface area (Å²) < 4.78 is 32.2. The average molecular weight is 306 g/mol. The Bertz CT molecular complexity index is 467. The summed E-state index contributed by atoms with van der Waals surface area (Å²) in [4.78, 5) is 11.6. The predicted octanol–water partition coefficient (Wildman–Crippen LogP) is 1.00. The molecule has 0 bridgehead atoms. The Morgan fingerprint density at radius 3 is 2.65 bits per heavy atom. The van der Waals surface area contributed by atoms with Crippen LogP contribution in [0.2, 0.25) is 0 Å². The molecule has 1 rings (SSSR count). The highest BCUT2D eigenvalue weighted by molar-refractivity contribution is 7.86. The van der Waals surface area contributed by atoms with Crippen molar-refractivity contribution >= 4 is 16.1 Å². The lowest BCUT2D eigenvalue weighted by Crippen LogP contribution is -2.41. The molecular formula is C13H22O6S. The van der Waals surface area contributed by atoms with Crippen molar-refractivity contribution in [3.63, 3.8) is 0 Å². The number of carbonyl (C=O) groups excluding carboxylic acids is 1. The first kappa shape index (κ1) is 17.1. The summed E-state index contributed by atoms with van der Waals surface area (Å²) in [5, 5.41) is 10.1. The first-order chi connectivity index (χ1) is 9.28. The lowest BCUT2D eigenvalue weighted by atomic mass is 9.83. The molecule has 20 heavy (non-hydrogen) atoms. The number of rotatable bonds is 6. The molecule has 0 aromatic rings. The van der Waals surface area contributed by atoms with Gasteiger partial charge in [0.2, 0.25) is 0 Å². The van der Waals surface area contributed by atoms with Gasteiger partial charge in [0.15, 0.2) is 0 Å². The Kier molecular flexibility index (Phi) is 6.16. The molecule has 1 aliphatic carbocycles. The molecule has 1 N–H and O–H groups in total. The van der Waals surface area contributed by atoms with Crippen molar-refractivity contribution < 1.29 is 27.2 Å². The minimum Gasteiger partial charge on any atom is -0.466 e. The smallest absolute Gasteiger partial charge is 0.333 e. The molecule has 0 heterocycles. The summed E-state index contributed by atoms with van der Waals surface area (Å²) in [5.41, 5.74) is 0.370. The van der Waals surface area contributed by atoms with Crippen LogP contribution < -0.4 is 0 Å². The second-order valence-electron chi connectivity index (χ2n) is 5.03. The van der Waals surface area contributed by atoms with E-state index in [9.17, 15) is 18.3 Å². The summed E-state index contributed by atoms with van der Waals surface area (Å²) in [6.07, 6.45) is 3.21. The Morgan fingerprint density at radius 2 is 2.15 bits per heavy atom. The van der Waals surface area contributed by atoms with Gasteiger partial charge >= 0.3 is 5.97 Å². The van der Waals surface area contributed by atoms with E-state index in [4.69, 9.17) is 4.18 Å². The largest absolute Gasteiger partial charge is 0.466 e. The zero-order valence-electron chi connectivity index (χ0n) is 12.0. The lowest BCUT2D eigenvalue weighted by Gasteiger charge is -2.32. The van der Waals surface area contributed by atoms with E-state index in [1.54, 1.807) is 6.08 Å². The molecule has 0 fully saturated rings. The molecule has 0 unspecified atom stereocenters. The van der Waals surface area contributed by atoms with Crippen molar-refractivity contribution in [3.05, 3.63) is 11.6 Å². The highest BCUT2D eigenvalue weighted by atomic mass is 32.2.